The van der Waals surface area contributed by atoms with Crippen LogP contribution in [0.2, 0.25) is 5.02 Å². The molecule has 2 aromatic rings. The van der Waals surface area contributed by atoms with Gasteiger partial charge >= 0.3 is 0 Å². The van der Waals surface area contributed by atoms with Gasteiger partial charge in [-0.3, -0.25) is 9.52 Å². The molecule has 1 amide bonds. The topological polar surface area (TPSA) is 66.5 Å². The monoisotopic (exact) mass is 460 g/mol. The van der Waals surface area contributed by atoms with E-state index in [1.165, 1.54) is 19.1 Å². The first-order valence-electron chi connectivity index (χ1n) is 7.70. The van der Waals surface area contributed by atoms with E-state index in [1.54, 1.807) is 11.0 Å². The minimum atomic E-state index is -4.01. The molecule has 0 spiro atoms. The number of nitrogens with one attached hydrogen (secondary N) is 1. The average molecular weight is 462 g/mol. The van der Waals surface area contributed by atoms with E-state index in [4.69, 9.17) is 11.6 Å². The summed E-state index contributed by atoms with van der Waals surface area (Å²) in [4.78, 5) is 13.5. The van der Waals surface area contributed by atoms with Crippen LogP contribution in [0.3, 0.4) is 0 Å². The molecule has 0 aliphatic carbocycles. The van der Waals surface area contributed by atoms with Crippen molar-refractivity contribution < 1.29 is 17.6 Å². The summed E-state index contributed by atoms with van der Waals surface area (Å²) in [6, 6.07) is 6.50. The fourth-order valence-corrected chi connectivity index (χ4v) is 5.54. The maximum absolute atomic E-state index is 13.2. The number of halogens is 3. The molecule has 0 unspecified atom stereocenters. The molecule has 1 aliphatic heterocycles. The number of rotatable bonds is 3. The summed E-state index contributed by atoms with van der Waals surface area (Å²) in [6.07, 6.45) is 0.644. The second-order valence-corrected chi connectivity index (χ2v) is 9.00. The molecule has 0 aromatic heterocycles. The summed E-state index contributed by atoms with van der Waals surface area (Å²) in [7, 11) is -4.01. The third-order valence-electron chi connectivity index (χ3n) is 4.15. The molecule has 0 fully saturated rings. The molecular weight excluding hydrogens is 447 g/mol. The molecule has 1 atom stereocenters. The van der Waals surface area contributed by atoms with Gasteiger partial charge in [-0.1, -0.05) is 11.6 Å². The van der Waals surface area contributed by atoms with Crippen LogP contribution in [0.4, 0.5) is 15.8 Å². The molecule has 1 aliphatic rings. The van der Waals surface area contributed by atoms with Crippen LogP contribution in [0.25, 0.3) is 0 Å². The second-order valence-electron chi connectivity index (χ2n) is 6.08. The molecule has 2 aromatic carbocycles. The first-order chi connectivity index (χ1) is 12.1. The van der Waals surface area contributed by atoms with Crippen molar-refractivity contribution in [3.05, 3.63) is 51.2 Å². The Labute approximate surface area is 164 Å². The van der Waals surface area contributed by atoms with Gasteiger partial charge in [-0.25, -0.2) is 12.8 Å². The van der Waals surface area contributed by atoms with E-state index in [0.29, 0.717) is 16.6 Å². The number of nitrogens with zero attached hydrogens (tertiary/aromatic N) is 1. The van der Waals surface area contributed by atoms with E-state index in [9.17, 15) is 17.6 Å². The standard InChI is InChI=1S/C17H15BrClFN2O3S/c1-9-5-11-6-13(18)17(8-16(11)22(9)10(2)23)26(24,25)21-15-4-3-12(20)7-14(15)19/h3-4,6-9,21H,5H2,1-2H3/t9-/m1/s1. The summed E-state index contributed by atoms with van der Waals surface area (Å²) in [5, 5.41) is -0.0511. The highest BCUT2D eigenvalue weighted by atomic mass is 79.9. The van der Waals surface area contributed by atoms with Crippen molar-refractivity contribution in [1.82, 2.24) is 0 Å². The molecule has 138 valence electrons. The Hall–Kier alpha value is -1.64. The van der Waals surface area contributed by atoms with Crippen LogP contribution >= 0.6 is 27.5 Å². The highest BCUT2D eigenvalue weighted by Gasteiger charge is 2.32. The summed E-state index contributed by atoms with van der Waals surface area (Å²) in [5.41, 5.74) is 1.52. The zero-order chi connectivity index (χ0) is 19.2. The van der Waals surface area contributed by atoms with Crippen LogP contribution in [-0.2, 0) is 21.2 Å². The Kier molecular flexibility index (Phi) is 5.02. The van der Waals surface area contributed by atoms with E-state index in [1.807, 2.05) is 6.92 Å². The van der Waals surface area contributed by atoms with Gasteiger partial charge < -0.3 is 4.90 Å². The molecule has 1 heterocycles. The normalized spacial score (nSPS) is 16.5. The van der Waals surface area contributed by atoms with Crippen molar-refractivity contribution in [3.63, 3.8) is 0 Å². The molecule has 9 heteroatoms. The molecule has 5 nitrogen and oxygen atoms in total. The maximum Gasteiger partial charge on any atom is 0.263 e. The van der Waals surface area contributed by atoms with Crippen molar-refractivity contribution in [2.24, 2.45) is 0 Å². The summed E-state index contributed by atoms with van der Waals surface area (Å²) in [5.74, 6) is -0.723. The van der Waals surface area contributed by atoms with Gasteiger partial charge in [0.25, 0.3) is 10.0 Å². The number of hydrogen-bond donors (Lipinski definition) is 1. The lowest BCUT2D eigenvalue weighted by Gasteiger charge is -2.21. The average Bonchev–Trinajstić information content (AvgIpc) is 2.84. The van der Waals surface area contributed by atoms with Crippen LogP contribution in [0, 0.1) is 5.82 Å². The first-order valence-corrected chi connectivity index (χ1v) is 10.4. The predicted octanol–water partition coefficient (Wildman–Crippen LogP) is 4.34. The van der Waals surface area contributed by atoms with Gasteiger partial charge in [-0.2, -0.15) is 0 Å². The number of sulfonamides is 1. The third-order valence-corrected chi connectivity index (χ3v) is 6.79. The van der Waals surface area contributed by atoms with Crippen LogP contribution < -0.4 is 9.62 Å². The third kappa shape index (κ3) is 3.45. The molecule has 0 saturated heterocycles. The number of amides is 1. The molecular formula is C17H15BrClFN2O3S. The highest BCUT2D eigenvalue weighted by molar-refractivity contribution is 9.10. The van der Waals surface area contributed by atoms with E-state index in [0.717, 1.165) is 17.7 Å². The maximum atomic E-state index is 13.2. The smallest absolute Gasteiger partial charge is 0.263 e. The quantitative estimate of drug-likeness (QED) is 0.739. The van der Waals surface area contributed by atoms with Crippen molar-refractivity contribution in [1.29, 1.82) is 0 Å². The molecule has 3 rings (SSSR count). The SMILES string of the molecule is CC(=O)N1c2cc(S(=O)(=O)Nc3ccc(F)cc3Cl)c(Br)cc2C[C@H]1C. The summed E-state index contributed by atoms with van der Waals surface area (Å²) in [6.45, 7) is 3.35. The number of fused-ring (bicyclic) bond motifs is 1. The fourth-order valence-electron chi connectivity index (χ4n) is 3.08. The predicted molar refractivity (Wildman–Crippen MR) is 103 cm³/mol. The van der Waals surface area contributed by atoms with Gasteiger partial charge in [0.1, 0.15) is 10.7 Å². The minimum absolute atomic E-state index is 0.0306. The number of anilines is 2. The first kappa shape index (κ1) is 19.1. The Morgan fingerprint density at radius 3 is 2.65 bits per heavy atom. The van der Waals surface area contributed by atoms with Gasteiger partial charge in [0.2, 0.25) is 5.91 Å². The fraction of sp³-hybridized carbons (Fsp3) is 0.235. The largest absolute Gasteiger partial charge is 0.309 e. The van der Waals surface area contributed by atoms with Crippen LogP contribution in [-0.4, -0.2) is 20.4 Å². The van der Waals surface area contributed by atoms with Gasteiger partial charge in [0.05, 0.1) is 10.7 Å². The Morgan fingerprint density at radius 1 is 1.35 bits per heavy atom. The van der Waals surface area contributed by atoms with Crippen molar-refractivity contribution in [2.45, 2.75) is 31.2 Å². The molecule has 1 N–H and O–H groups in total. The van der Waals surface area contributed by atoms with E-state index in [-0.39, 0.29) is 27.6 Å². The van der Waals surface area contributed by atoms with E-state index < -0.39 is 15.8 Å². The number of benzene rings is 2. The highest BCUT2D eigenvalue weighted by Crippen LogP contribution is 2.38. The lowest BCUT2D eigenvalue weighted by molar-refractivity contribution is -0.116. The Morgan fingerprint density at radius 2 is 2.04 bits per heavy atom. The Balaban J connectivity index is 2.05. The van der Waals surface area contributed by atoms with Crippen LogP contribution in [0.5, 0.6) is 0 Å². The van der Waals surface area contributed by atoms with Crippen molar-refractivity contribution in [2.75, 3.05) is 9.62 Å². The van der Waals surface area contributed by atoms with Crippen LogP contribution in [0.15, 0.2) is 39.7 Å². The number of carbonyl (C=O) groups is 1. The lowest BCUT2D eigenvalue weighted by atomic mass is 10.1. The van der Waals surface area contributed by atoms with Crippen molar-refractivity contribution in [3.8, 4) is 0 Å². The van der Waals surface area contributed by atoms with Gasteiger partial charge in [0.15, 0.2) is 0 Å². The zero-order valence-electron chi connectivity index (χ0n) is 13.9. The summed E-state index contributed by atoms with van der Waals surface area (Å²) < 4.78 is 41.5. The molecule has 26 heavy (non-hydrogen) atoms. The van der Waals surface area contributed by atoms with Gasteiger partial charge in [0, 0.05) is 23.1 Å². The van der Waals surface area contributed by atoms with E-state index in [2.05, 4.69) is 20.7 Å². The second kappa shape index (κ2) is 6.83. The van der Waals surface area contributed by atoms with Gasteiger partial charge in [-0.05, 0) is 65.2 Å². The lowest BCUT2D eigenvalue weighted by Crippen LogP contribution is -2.33. The molecule has 0 bridgehead atoms. The van der Waals surface area contributed by atoms with Crippen molar-refractivity contribution >= 4 is 54.8 Å². The zero-order valence-corrected chi connectivity index (χ0v) is 17.0. The molecule has 0 saturated carbocycles. The Bertz CT molecular complexity index is 1010. The van der Waals surface area contributed by atoms with E-state index >= 15 is 0 Å². The van der Waals surface area contributed by atoms with Crippen LogP contribution in [0.1, 0.15) is 19.4 Å². The molecule has 0 radical (unpaired) electrons. The number of carbonyl (C=O) groups excluding carboxylic acids is 1. The number of hydrogen-bond acceptors (Lipinski definition) is 3. The summed E-state index contributed by atoms with van der Waals surface area (Å²) >= 11 is 9.20. The minimum Gasteiger partial charge on any atom is -0.309 e. The van der Waals surface area contributed by atoms with Gasteiger partial charge in [-0.15, -0.1) is 0 Å².